The third-order valence-corrected chi connectivity index (χ3v) is 6.79. The van der Waals surface area contributed by atoms with Crippen LogP contribution < -0.4 is 21.3 Å². The number of aryl methyl sites for hydroxylation is 1. The molecule has 0 aliphatic carbocycles. The fourth-order valence-corrected chi connectivity index (χ4v) is 4.61. The van der Waals surface area contributed by atoms with Gasteiger partial charge in [0.15, 0.2) is 6.10 Å². The quantitative estimate of drug-likeness (QED) is 0.388. The lowest BCUT2D eigenvalue weighted by atomic mass is 10.1. The second-order valence-corrected chi connectivity index (χ2v) is 9.80. The number of halogens is 2. The van der Waals surface area contributed by atoms with E-state index >= 15 is 0 Å². The summed E-state index contributed by atoms with van der Waals surface area (Å²) in [5.41, 5.74) is 0.474. The molecule has 2 aromatic carbocycles. The van der Waals surface area contributed by atoms with Crippen LogP contribution in [0.2, 0.25) is 10.0 Å². The summed E-state index contributed by atoms with van der Waals surface area (Å²) in [7, 11) is 0. The topological polar surface area (TPSA) is 112 Å². The van der Waals surface area contributed by atoms with Crippen molar-refractivity contribution < 1.29 is 19.0 Å². The van der Waals surface area contributed by atoms with E-state index in [2.05, 4.69) is 10.3 Å². The Bertz CT molecular complexity index is 1380. The van der Waals surface area contributed by atoms with Gasteiger partial charge in [0.05, 0.1) is 17.7 Å². The van der Waals surface area contributed by atoms with Gasteiger partial charge in [-0.3, -0.25) is 19.1 Å². The minimum atomic E-state index is -0.844. The van der Waals surface area contributed by atoms with E-state index in [1.807, 2.05) is 37.3 Å². The van der Waals surface area contributed by atoms with Gasteiger partial charge in [-0.25, -0.2) is 4.79 Å². The second-order valence-electron chi connectivity index (χ2n) is 8.95. The molecule has 202 valence electrons. The standard InChI is InChI=1S/C27H29Cl2N3O6/c1-3-18-14-32(27(35)31-26(18)34)24-12-22(36-15-17-7-5-4-6-8-17)23(38-24)13-30-25(33)16(2)37-21-10-9-19(28)11-20(21)29/h4-11,14,16,22-24H,3,12-13,15H2,1-2H3,(H,30,33)(H,31,34,35)/t16?,22-,23+,24+/m0/s1. The monoisotopic (exact) mass is 561 g/mol. The van der Waals surface area contributed by atoms with Crippen molar-refractivity contribution in [1.82, 2.24) is 14.9 Å². The van der Waals surface area contributed by atoms with Crippen molar-refractivity contribution >= 4 is 29.1 Å². The van der Waals surface area contributed by atoms with Crippen molar-refractivity contribution in [2.75, 3.05) is 6.54 Å². The van der Waals surface area contributed by atoms with E-state index in [1.54, 1.807) is 19.1 Å². The van der Waals surface area contributed by atoms with Crippen LogP contribution in [0, 0.1) is 0 Å². The molecule has 1 aliphatic heterocycles. The van der Waals surface area contributed by atoms with Gasteiger partial charge in [-0.2, -0.15) is 0 Å². The molecule has 0 spiro atoms. The maximum atomic E-state index is 12.8. The van der Waals surface area contributed by atoms with E-state index in [9.17, 15) is 14.4 Å². The highest BCUT2D eigenvalue weighted by molar-refractivity contribution is 6.35. The van der Waals surface area contributed by atoms with Crippen molar-refractivity contribution in [2.24, 2.45) is 0 Å². The fraction of sp³-hybridized carbons (Fsp3) is 0.370. The third-order valence-electron chi connectivity index (χ3n) is 6.26. The number of aromatic amines is 1. The molecule has 11 heteroatoms. The molecule has 1 aliphatic rings. The number of amides is 1. The molecule has 0 bridgehead atoms. The summed E-state index contributed by atoms with van der Waals surface area (Å²) in [5, 5.41) is 3.60. The van der Waals surface area contributed by atoms with Crippen LogP contribution in [0.25, 0.3) is 0 Å². The summed E-state index contributed by atoms with van der Waals surface area (Å²) in [6.45, 7) is 3.89. The molecule has 4 rings (SSSR count). The van der Waals surface area contributed by atoms with Crippen LogP contribution in [0.3, 0.4) is 0 Å². The maximum Gasteiger partial charge on any atom is 0.330 e. The van der Waals surface area contributed by atoms with Crippen molar-refractivity contribution in [3.8, 4) is 5.75 Å². The Hall–Kier alpha value is -3.11. The molecule has 9 nitrogen and oxygen atoms in total. The maximum absolute atomic E-state index is 12.8. The van der Waals surface area contributed by atoms with E-state index in [-0.39, 0.29) is 12.5 Å². The number of nitrogens with zero attached hydrogens (tertiary/aromatic N) is 1. The van der Waals surface area contributed by atoms with Crippen LogP contribution in [-0.4, -0.2) is 40.3 Å². The summed E-state index contributed by atoms with van der Waals surface area (Å²) in [4.78, 5) is 39.7. The number of hydrogen-bond acceptors (Lipinski definition) is 6. The van der Waals surface area contributed by atoms with Crippen LogP contribution >= 0.6 is 23.2 Å². The molecule has 1 saturated heterocycles. The number of rotatable bonds is 10. The Morgan fingerprint density at radius 3 is 2.68 bits per heavy atom. The Labute approximate surface area is 229 Å². The van der Waals surface area contributed by atoms with E-state index in [1.165, 1.54) is 16.8 Å². The van der Waals surface area contributed by atoms with Crippen LogP contribution in [0.15, 0.2) is 64.3 Å². The highest BCUT2D eigenvalue weighted by atomic mass is 35.5. The summed E-state index contributed by atoms with van der Waals surface area (Å²) in [5.74, 6) is -0.0384. The van der Waals surface area contributed by atoms with Crippen molar-refractivity contribution in [2.45, 2.75) is 57.8 Å². The first-order valence-electron chi connectivity index (χ1n) is 12.3. The number of hydrogen-bond donors (Lipinski definition) is 2. The van der Waals surface area contributed by atoms with Gasteiger partial charge in [-0.05, 0) is 37.1 Å². The molecular weight excluding hydrogens is 533 g/mol. The normalized spacial score (nSPS) is 19.7. The fourth-order valence-electron chi connectivity index (χ4n) is 4.16. The number of nitrogens with one attached hydrogen (secondary N) is 2. The van der Waals surface area contributed by atoms with Crippen molar-refractivity contribution in [3.63, 3.8) is 0 Å². The van der Waals surface area contributed by atoms with Crippen molar-refractivity contribution in [3.05, 3.63) is 96.7 Å². The van der Waals surface area contributed by atoms with Gasteiger partial charge in [-0.1, -0.05) is 60.5 Å². The molecule has 1 amide bonds. The molecule has 1 unspecified atom stereocenters. The first-order valence-corrected chi connectivity index (χ1v) is 13.1. The average molecular weight is 562 g/mol. The van der Waals surface area contributed by atoms with E-state index < -0.39 is 35.8 Å². The minimum Gasteiger partial charge on any atom is -0.479 e. The van der Waals surface area contributed by atoms with E-state index in [0.29, 0.717) is 40.8 Å². The Morgan fingerprint density at radius 2 is 1.97 bits per heavy atom. The number of ether oxygens (including phenoxy) is 3. The van der Waals surface area contributed by atoms with Gasteiger partial charge < -0.3 is 19.5 Å². The SMILES string of the molecule is CCc1cn([C@H]2C[C@H](OCc3ccccc3)[C@@H](CNC(=O)C(C)Oc3ccc(Cl)cc3Cl)O2)c(=O)[nH]c1=O. The Balaban J connectivity index is 1.45. The third kappa shape index (κ3) is 6.85. The lowest BCUT2D eigenvalue weighted by Gasteiger charge is -2.21. The number of aromatic nitrogens is 2. The number of benzene rings is 2. The van der Waals surface area contributed by atoms with Crippen LogP contribution in [0.1, 0.15) is 37.6 Å². The lowest BCUT2D eigenvalue weighted by molar-refractivity contribution is -0.128. The zero-order chi connectivity index (χ0) is 27.2. The molecular formula is C27H29Cl2N3O6. The second kappa shape index (κ2) is 12.6. The highest BCUT2D eigenvalue weighted by Crippen LogP contribution is 2.31. The highest BCUT2D eigenvalue weighted by Gasteiger charge is 2.38. The Kier molecular flexibility index (Phi) is 9.27. The predicted octanol–water partition coefficient (Wildman–Crippen LogP) is 3.86. The summed E-state index contributed by atoms with van der Waals surface area (Å²) < 4.78 is 19.4. The number of carbonyl (C=O) groups is 1. The minimum absolute atomic E-state index is 0.121. The molecule has 4 atom stereocenters. The van der Waals surface area contributed by atoms with Gasteiger partial charge >= 0.3 is 5.69 Å². The van der Waals surface area contributed by atoms with Crippen LogP contribution in [0.5, 0.6) is 5.75 Å². The smallest absolute Gasteiger partial charge is 0.330 e. The molecule has 3 aromatic rings. The lowest BCUT2D eigenvalue weighted by Crippen LogP contribution is -2.43. The largest absolute Gasteiger partial charge is 0.479 e. The molecule has 1 aromatic heterocycles. The van der Waals surface area contributed by atoms with Crippen molar-refractivity contribution in [1.29, 1.82) is 0 Å². The summed E-state index contributed by atoms with van der Waals surface area (Å²) in [6, 6.07) is 14.4. The van der Waals surface area contributed by atoms with Gasteiger partial charge in [0.1, 0.15) is 18.1 Å². The summed E-state index contributed by atoms with van der Waals surface area (Å²) >= 11 is 12.1. The number of H-pyrrole nitrogens is 1. The predicted molar refractivity (Wildman–Crippen MR) is 144 cm³/mol. The zero-order valence-corrected chi connectivity index (χ0v) is 22.5. The first-order chi connectivity index (χ1) is 18.2. The average Bonchev–Trinajstić information content (AvgIpc) is 3.31. The zero-order valence-electron chi connectivity index (χ0n) is 21.0. The Morgan fingerprint density at radius 1 is 1.21 bits per heavy atom. The van der Waals surface area contributed by atoms with Gasteiger partial charge in [0, 0.05) is 29.7 Å². The van der Waals surface area contributed by atoms with Gasteiger partial charge in [0.25, 0.3) is 11.5 Å². The van der Waals surface area contributed by atoms with Crippen LogP contribution in [0.4, 0.5) is 0 Å². The number of carbonyl (C=O) groups excluding carboxylic acids is 1. The van der Waals surface area contributed by atoms with E-state index in [4.69, 9.17) is 37.4 Å². The summed E-state index contributed by atoms with van der Waals surface area (Å²) in [6.07, 6.45) is -0.154. The van der Waals surface area contributed by atoms with Gasteiger partial charge in [0.2, 0.25) is 0 Å². The van der Waals surface area contributed by atoms with E-state index in [0.717, 1.165) is 5.56 Å². The first kappa shape index (κ1) is 27.9. The molecule has 2 N–H and O–H groups in total. The molecule has 0 saturated carbocycles. The molecule has 0 radical (unpaired) electrons. The van der Waals surface area contributed by atoms with Crippen LogP contribution in [-0.2, 0) is 27.3 Å². The molecule has 2 heterocycles. The van der Waals surface area contributed by atoms with Gasteiger partial charge in [-0.15, -0.1) is 0 Å². The molecule has 38 heavy (non-hydrogen) atoms. The molecule has 1 fully saturated rings.